The van der Waals surface area contributed by atoms with E-state index in [9.17, 15) is 4.79 Å². The maximum Gasteiger partial charge on any atom is 0.322 e. The van der Waals surface area contributed by atoms with E-state index in [1.165, 1.54) is 0 Å². The van der Waals surface area contributed by atoms with Crippen LogP contribution >= 0.6 is 11.6 Å². The highest BCUT2D eigenvalue weighted by Crippen LogP contribution is 2.28. The Morgan fingerprint density at radius 3 is 2.71 bits per heavy atom. The third-order valence-electron chi connectivity index (χ3n) is 4.91. The van der Waals surface area contributed by atoms with E-state index in [1.807, 2.05) is 4.90 Å². The molecule has 2 amide bonds. The fraction of sp³-hybridized carbons (Fsp3) is 0.588. The first-order chi connectivity index (χ1) is 11.6. The number of hydrogen-bond acceptors (Lipinski definition) is 4. The van der Waals surface area contributed by atoms with Crippen LogP contribution in [0.25, 0.3) is 0 Å². The molecule has 1 N–H and O–H groups in total. The molecule has 0 spiro atoms. The quantitative estimate of drug-likeness (QED) is 0.906. The Kier molecular flexibility index (Phi) is 5.48. The minimum atomic E-state index is -0.0906. The fourth-order valence-corrected chi connectivity index (χ4v) is 3.56. The number of likely N-dealkylation sites (N-methyl/N-ethyl adjacent to an activating group) is 1. The van der Waals surface area contributed by atoms with Crippen molar-refractivity contribution in [1.82, 2.24) is 14.7 Å². The van der Waals surface area contributed by atoms with Gasteiger partial charge in [0.1, 0.15) is 5.75 Å². The first kappa shape index (κ1) is 17.3. The van der Waals surface area contributed by atoms with Crippen molar-refractivity contribution >= 4 is 23.3 Å². The average molecular weight is 353 g/mol. The van der Waals surface area contributed by atoms with Gasteiger partial charge in [-0.3, -0.25) is 4.90 Å². The second-order valence-electron chi connectivity index (χ2n) is 6.50. The number of benzene rings is 1. The van der Waals surface area contributed by atoms with Crippen molar-refractivity contribution in [2.75, 3.05) is 58.7 Å². The molecule has 2 fully saturated rings. The lowest BCUT2D eigenvalue weighted by atomic mass is 10.2. The summed E-state index contributed by atoms with van der Waals surface area (Å²) in [6, 6.07) is 5.59. The zero-order valence-corrected chi connectivity index (χ0v) is 15.1. The predicted molar refractivity (Wildman–Crippen MR) is 96.1 cm³/mol. The Hall–Kier alpha value is -1.50. The Labute approximate surface area is 148 Å². The number of carbonyl (C=O) groups is 1. The molecule has 0 bridgehead atoms. The summed E-state index contributed by atoms with van der Waals surface area (Å²) in [4.78, 5) is 19.3. The number of methoxy groups -OCH3 is 1. The van der Waals surface area contributed by atoms with E-state index < -0.39 is 0 Å². The molecule has 0 saturated carbocycles. The van der Waals surface area contributed by atoms with Crippen molar-refractivity contribution in [2.45, 2.75) is 12.5 Å². The molecule has 2 aliphatic rings. The number of carbonyl (C=O) groups excluding carboxylic acids is 1. The number of amides is 2. The molecule has 2 aliphatic heterocycles. The van der Waals surface area contributed by atoms with Crippen LogP contribution in [0.4, 0.5) is 10.5 Å². The second-order valence-corrected chi connectivity index (χ2v) is 6.94. The molecule has 0 unspecified atom stereocenters. The van der Waals surface area contributed by atoms with Gasteiger partial charge in [0.2, 0.25) is 0 Å². The summed E-state index contributed by atoms with van der Waals surface area (Å²) in [6.45, 7) is 5.92. The van der Waals surface area contributed by atoms with Gasteiger partial charge in [-0.2, -0.15) is 0 Å². The van der Waals surface area contributed by atoms with Crippen LogP contribution in [0.15, 0.2) is 18.2 Å². The van der Waals surface area contributed by atoms with Gasteiger partial charge in [-0.05, 0) is 31.7 Å². The lowest BCUT2D eigenvalue weighted by molar-refractivity contribution is 0.115. The van der Waals surface area contributed by atoms with E-state index >= 15 is 0 Å². The van der Waals surface area contributed by atoms with Crippen molar-refractivity contribution in [2.24, 2.45) is 0 Å². The fourth-order valence-electron chi connectivity index (χ4n) is 3.38. The number of nitrogens with zero attached hydrogens (tertiary/aromatic N) is 3. The number of rotatable bonds is 3. The van der Waals surface area contributed by atoms with Crippen LogP contribution in [0.3, 0.4) is 0 Å². The van der Waals surface area contributed by atoms with Crippen LogP contribution in [-0.4, -0.2) is 80.2 Å². The Balaban J connectivity index is 1.58. The van der Waals surface area contributed by atoms with Crippen LogP contribution in [0.5, 0.6) is 5.75 Å². The molecule has 1 atom stereocenters. The molecule has 1 aromatic rings. The van der Waals surface area contributed by atoms with Crippen LogP contribution < -0.4 is 10.1 Å². The first-order valence-electron chi connectivity index (χ1n) is 8.39. The SMILES string of the molecule is COc1ccc(Cl)cc1NC(=O)N1CC[C@@H](N2CCN(C)CC2)C1. The van der Waals surface area contributed by atoms with Crippen molar-refractivity contribution in [3.63, 3.8) is 0 Å². The van der Waals surface area contributed by atoms with Crippen LogP contribution in [0.2, 0.25) is 5.02 Å². The second kappa shape index (κ2) is 7.59. The number of halogens is 1. The summed E-state index contributed by atoms with van der Waals surface area (Å²) in [5, 5.41) is 3.50. The van der Waals surface area contributed by atoms with E-state index in [0.29, 0.717) is 22.5 Å². The Morgan fingerprint density at radius 2 is 2.00 bits per heavy atom. The van der Waals surface area contributed by atoms with Crippen molar-refractivity contribution in [1.29, 1.82) is 0 Å². The highest BCUT2D eigenvalue weighted by molar-refractivity contribution is 6.31. The number of urea groups is 1. The van der Waals surface area contributed by atoms with Gasteiger partial charge in [-0.25, -0.2) is 4.79 Å². The summed E-state index contributed by atoms with van der Waals surface area (Å²) in [7, 11) is 3.74. The maximum absolute atomic E-state index is 12.6. The first-order valence-corrected chi connectivity index (χ1v) is 8.76. The number of anilines is 1. The Bertz CT molecular complexity index is 590. The molecular weight excluding hydrogens is 328 g/mol. The van der Waals surface area contributed by atoms with Crippen LogP contribution in [0, 0.1) is 0 Å². The summed E-state index contributed by atoms with van der Waals surface area (Å²) >= 11 is 6.02. The zero-order chi connectivity index (χ0) is 17.1. The molecule has 2 heterocycles. The van der Waals surface area contributed by atoms with Crippen molar-refractivity contribution < 1.29 is 9.53 Å². The lowest BCUT2D eigenvalue weighted by Crippen LogP contribution is -2.50. The molecule has 24 heavy (non-hydrogen) atoms. The van der Waals surface area contributed by atoms with Crippen LogP contribution in [0.1, 0.15) is 6.42 Å². The standard InChI is InChI=1S/C17H25ClN4O2/c1-20-7-9-21(10-8-20)14-5-6-22(12-14)17(23)19-15-11-13(18)3-4-16(15)24-2/h3-4,11,14H,5-10,12H2,1-2H3,(H,19,23)/t14-/m1/s1. The molecule has 132 valence electrons. The summed E-state index contributed by atoms with van der Waals surface area (Å²) in [6.07, 6.45) is 1.03. The summed E-state index contributed by atoms with van der Waals surface area (Å²) in [5.41, 5.74) is 0.609. The number of nitrogens with one attached hydrogen (secondary N) is 1. The molecule has 3 rings (SSSR count). The molecule has 2 saturated heterocycles. The number of ether oxygens (including phenoxy) is 1. The van der Waals surface area contributed by atoms with E-state index in [-0.39, 0.29) is 6.03 Å². The third-order valence-corrected chi connectivity index (χ3v) is 5.14. The van der Waals surface area contributed by atoms with Crippen molar-refractivity contribution in [3.8, 4) is 5.75 Å². The van der Waals surface area contributed by atoms with Gasteiger partial charge >= 0.3 is 6.03 Å². The summed E-state index contributed by atoms with van der Waals surface area (Å²) in [5.74, 6) is 0.613. The topological polar surface area (TPSA) is 48.1 Å². The van der Waals surface area contributed by atoms with Gasteiger partial charge in [0.05, 0.1) is 12.8 Å². The van der Waals surface area contributed by atoms with Crippen LogP contribution in [-0.2, 0) is 0 Å². The molecule has 6 nitrogen and oxygen atoms in total. The van der Waals surface area contributed by atoms with Crippen molar-refractivity contribution in [3.05, 3.63) is 23.2 Å². The van der Waals surface area contributed by atoms with Gasteiger partial charge in [-0.15, -0.1) is 0 Å². The van der Waals surface area contributed by atoms with E-state index in [2.05, 4.69) is 22.2 Å². The minimum absolute atomic E-state index is 0.0906. The highest BCUT2D eigenvalue weighted by atomic mass is 35.5. The molecule has 0 radical (unpaired) electrons. The molecular formula is C17H25ClN4O2. The third kappa shape index (κ3) is 3.94. The van der Waals surface area contributed by atoms with Gasteiger partial charge in [0, 0.05) is 50.3 Å². The Morgan fingerprint density at radius 1 is 1.25 bits per heavy atom. The average Bonchev–Trinajstić information content (AvgIpc) is 3.06. The van der Waals surface area contributed by atoms with E-state index in [0.717, 1.165) is 45.7 Å². The number of hydrogen-bond donors (Lipinski definition) is 1. The van der Waals surface area contributed by atoms with Gasteiger partial charge < -0.3 is 19.9 Å². The number of piperazine rings is 1. The monoisotopic (exact) mass is 352 g/mol. The van der Waals surface area contributed by atoms with Gasteiger partial charge in [0.25, 0.3) is 0 Å². The molecule has 0 aliphatic carbocycles. The molecule has 7 heteroatoms. The van der Waals surface area contributed by atoms with Gasteiger partial charge in [-0.1, -0.05) is 11.6 Å². The smallest absolute Gasteiger partial charge is 0.322 e. The zero-order valence-electron chi connectivity index (χ0n) is 14.3. The van der Waals surface area contributed by atoms with E-state index in [4.69, 9.17) is 16.3 Å². The predicted octanol–water partition coefficient (Wildman–Crippen LogP) is 2.20. The van der Waals surface area contributed by atoms with E-state index in [1.54, 1.807) is 25.3 Å². The maximum atomic E-state index is 12.6. The minimum Gasteiger partial charge on any atom is -0.495 e. The largest absolute Gasteiger partial charge is 0.495 e. The number of likely N-dealkylation sites (tertiary alicyclic amines) is 1. The summed E-state index contributed by atoms with van der Waals surface area (Å²) < 4.78 is 5.29. The lowest BCUT2D eigenvalue weighted by Gasteiger charge is -2.36. The molecule has 0 aromatic heterocycles. The normalized spacial score (nSPS) is 22.6. The molecule has 1 aromatic carbocycles. The highest BCUT2D eigenvalue weighted by Gasteiger charge is 2.31. The van der Waals surface area contributed by atoms with Gasteiger partial charge in [0.15, 0.2) is 0 Å².